The average molecular weight is 195 g/mol. The molecule has 4 nitrogen and oxygen atoms in total. The topological polar surface area (TPSA) is 66.4 Å². The van der Waals surface area contributed by atoms with Gasteiger partial charge in [-0.3, -0.25) is 4.79 Å². The number of allylic oxidation sites excluding steroid dienone is 3. The van der Waals surface area contributed by atoms with E-state index in [1.54, 1.807) is 0 Å². The smallest absolute Gasteiger partial charge is 0.394 e. The molecule has 2 N–H and O–H groups in total. The molecule has 1 aliphatic carbocycles. The summed E-state index contributed by atoms with van der Waals surface area (Å²) in [5, 5.41) is 10.6. The van der Waals surface area contributed by atoms with Gasteiger partial charge in [0.25, 0.3) is 0 Å². The lowest BCUT2D eigenvalue weighted by Gasteiger charge is -2.06. The van der Waals surface area contributed by atoms with Crippen molar-refractivity contribution in [3.63, 3.8) is 0 Å². The molecular formula is C10H13NO3. The van der Waals surface area contributed by atoms with Crippen molar-refractivity contribution in [1.29, 1.82) is 0 Å². The van der Waals surface area contributed by atoms with Gasteiger partial charge in [-0.25, -0.2) is 4.79 Å². The number of nitrogens with one attached hydrogen (secondary N) is 1. The molecule has 76 valence electrons. The number of aliphatic carboxylic acids is 1. The van der Waals surface area contributed by atoms with Gasteiger partial charge < -0.3 is 10.4 Å². The van der Waals surface area contributed by atoms with Crippen molar-refractivity contribution < 1.29 is 14.7 Å². The van der Waals surface area contributed by atoms with E-state index in [0.717, 1.165) is 18.4 Å². The van der Waals surface area contributed by atoms with Crippen molar-refractivity contribution in [1.82, 2.24) is 5.32 Å². The van der Waals surface area contributed by atoms with E-state index in [9.17, 15) is 9.59 Å². The predicted molar refractivity (Wildman–Crippen MR) is 51.7 cm³/mol. The summed E-state index contributed by atoms with van der Waals surface area (Å²) in [7, 11) is 0. The number of carbonyl (C=O) groups excluding carboxylic acids is 1. The van der Waals surface area contributed by atoms with E-state index in [4.69, 9.17) is 5.11 Å². The van der Waals surface area contributed by atoms with Crippen LogP contribution in [0, 0.1) is 0 Å². The molecule has 0 atom stereocenters. The number of carboxylic acid groups (broad SMARTS) is 1. The zero-order valence-electron chi connectivity index (χ0n) is 7.82. The minimum atomic E-state index is -1.43. The molecule has 0 fully saturated rings. The Kier molecular flexibility index (Phi) is 3.91. The molecule has 1 rings (SSSR count). The first kappa shape index (κ1) is 10.5. The molecule has 1 aliphatic rings. The lowest BCUT2D eigenvalue weighted by molar-refractivity contribution is -0.150. The van der Waals surface area contributed by atoms with E-state index in [2.05, 4.69) is 17.5 Å². The lowest BCUT2D eigenvalue weighted by Crippen LogP contribution is -2.31. The summed E-state index contributed by atoms with van der Waals surface area (Å²) in [5.41, 5.74) is 1.15. The molecule has 0 saturated heterocycles. The van der Waals surface area contributed by atoms with Gasteiger partial charge in [-0.15, -0.1) is 0 Å². The molecule has 14 heavy (non-hydrogen) atoms. The second-order valence-corrected chi connectivity index (χ2v) is 3.07. The highest BCUT2D eigenvalue weighted by Crippen LogP contribution is 2.11. The second-order valence-electron chi connectivity index (χ2n) is 3.07. The standard InChI is InChI=1S/C10H13NO3/c12-9(10(13)14)11-7-6-8-4-2-1-3-5-8/h2,4-5H,1,3,6-7H2,(H,11,12)(H,13,14). The summed E-state index contributed by atoms with van der Waals surface area (Å²) in [4.78, 5) is 20.8. The first-order valence-electron chi connectivity index (χ1n) is 4.57. The fraction of sp³-hybridized carbons (Fsp3) is 0.400. The van der Waals surface area contributed by atoms with Crippen LogP contribution >= 0.6 is 0 Å². The minimum absolute atomic E-state index is 0.376. The van der Waals surface area contributed by atoms with Crippen molar-refractivity contribution in [3.05, 3.63) is 23.8 Å². The molecule has 0 aliphatic heterocycles. The fourth-order valence-corrected chi connectivity index (χ4v) is 1.25. The number of carbonyl (C=O) groups is 2. The van der Waals surface area contributed by atoms with Crippen molar-refractivity contribution in [2.45, 2.75) is 19.3 Å². The molecule has 0 radical (unpaired) electrons. The van der Waals surface area contributed by atoms with Crippen LogP contribution in [0.1, 0.15) is 19.3 Å². The third-order valence-electron chi connectivity index (χ3n) is 1.97. The molecule has 0 saturated carbocycles. The summed E-state index contributed by atoms with van der Waals surface area (Å²) in [6.45, 7) is 0.376. The van der Waals surface area contributed by atoms with Crippen molar-refractivity contribution in [3.8, 4) is 0 Å². The molecule has 0 aromatic rings. The average Bonchev–Trinajstić information content (AvgIpc) is 2.19. The quantitative estimate of drug-likeness (QED) is 0.656. The lowest BCUT2D eigenvalue weighted by atomic mass is 10.0. The minimum Gasteiger partial charge on any atom is -0.474 e. The summed E-state index contributed by atoms with van der Waals surface area (Å²) in [6.07, 6.45) is 8.97. The Hall–Kier alpha value is -1.58. The molecule has 0 spiro atoms. The normalized spacial score (nSPS) is 14.7. The van der Waals surface area contributed by atoms with Crippen LogP contribution in [0.5, 0.6) is 0 Å². The van der Waals surface area contributed by atoms with Crippen LogP contribution in [0.3, 0.4) is 0 Å². The van der Waals surface area contributed by atoms with Gasteiger partial charge >= 0.3 is 11.9 Å². The first-order chi connectivity index (χ1) is 6.70. The van der Waals surface area contributed by atoms with E-state index in [1.165, 1.54) is 0 Å². The molecule has 0 bridgehead atoms. The van der Waals surface area contributed by atoms with Gasteiger partial charge in [-0.2, -0.15) is 0 Å². The second kappa shape index (κ2) is 5.21. The van der Waals surface area contributed by atoms with Gasteiger partial charge in [0, 0.05) is 6.54 Å². The number of hydrogen-bond acceptors (Lipinski definition) is 2. The number of amides is 1. The zero-order valence-corrected chi connectivity index (χ0v) is 7.82. The third kappa shape index (κ3) is 3.43. The van der Waals surface area contributed by atoms with E-state index in [-0.39, 0.29) is 0 Å². The summed E-state index contributed by atoms with van der Waals surface area (Å²) in [5.74, 6) is -2.37. The van der Waals surface area contributed by atoms with Crippen LogP contribution in [0.2, 0.25) is 0 Å². The number of carboxylic acids is 1. The van der Waals surface area contributed by atoms with Crippen molar-refractivity contribution >= 4 is 11.9 Å². The van der Waals surface area contributed by atoms with Gasteiger partial charge in [0.05, 0.1) is 0 Å². The highest BCUT2D eigenvalue weighted by atomic mass is 16.4. The van der Waals surface area contributed by atoms with Crippen molar-refractivity contribution in [2.24, 2.45) is 0 Å². The van der Waals surface area contributed by atoms with Gasteiger partial charge in [0.1, 0.15) is 0 Å². The Morgan fingerprint density at radius 2 is 2.21 bits per heavy atom. The van der Waals surface area contributed by atoms with Gasteiger partial charge in [-0.05, 0) is 19.3 Å². The van der Waals surface area contributed by atoms with Crippen LogP contribution in [-0.4, -0.2) is 23.5 Å². The Bertz CT molecular complexity index is 292. The Morgan fingerprint density at radius 1 is 1.43 bits per heavy atom. The van der Waals surface area contributed by atoms with Gasteiger partial charge in [-0.1, -0.05) is 23.8 Å². The molecule has 1 amide bonds. The molecule has 0 unspecified atom stereocenters. The highest BCUT2D eigenvalue weighted by molar-refractivity contribution is 6.31. The van der Waals surface area contributed by atoms with E-state index in [0.29, 0.717) is 13.0 Å². The van der Waals surface area contributed by atoms with Crippen molar-refractivity contribution in [2.75, 3.05) is 6.54 Å². The Morgan fingerprint density at radius 3 is 2.79 bits per heavy atom. The highest BCUT2D eigenvalue weighted by Gasteiger charge is 2.09. The van der Waals surface area contributed by atoms with Crippen LogP contribution in [-0.2, 0) is 9.59 Å². The van der Waals surface area contributed by atoms with Crippen LogP contribution in [0.15, 0.2) is 23.8 Å². The van der Waals surface area contributed by atoms with Gasteiger partial charge in [0.2, 0.25) is 0 Å². The maximum atomic E-state index is 10.6. The Labute approximate surface area is 82.3 Å². The third-order valence-corrected chi connectivity index (χ3v) is 1.97. The van der Waals surface area contributed by atoms with Gasteiger partial charge in [0.15, 0.2) is 0 Å². The molecular weight excluding hydrogens is 182 g/mol. The first-order valence-corrected chi connectivity index (χ1v) is 4.57. The number of hydrogen-bond donors (Lipinski definition) is 2. The largest absolute Gasteiger partial charge is 0.474 e. The summed E-state index contributed by atoms with van der Waals surface area (Å²) in [6, 6.07) is 0. The summed E-state index contributed by atoms with van der Waals surface area (Å²) >= 11 is 0. The molecule has 0 aromatic heterocycles. The van der Waals surface area contributed by atoms with E-state index in [1.807, 2.05) is 6.08 Å². The molecule has 0 heterocycles. The van der Waals surface area contributed by atoms with Crippen LogP contribution in [0.4, 0.5) is 0 Å². The summed E-state index contributed by atoms with van der Waals surface area (Å²) < 4.78 is 0. The SMILES string of the molecule is O=C(O)C(=O)NCCC1=CCCC=C1. The molecule has 0 aromatic carbocycles. The van der Waals surface area contributed by atoms with E-state index >= 15 is 0 Å². The zero-order chi connectivity index (χ0) is 10.4. The number of rotatable bonds is 3. The Balaban J connectivity index is 2.21. The van der Waals surface area contributed by atoms with Crippen LogP contribution in [0.25, 0.3) is 0 Å². The predicted octanol–water partition coefficient (Wildman–Crippen LogP) is 0.854. The van der Waals surface area contributed by atoms with Crippen LogP contribution < -0.4 is 5.32 Å². The van der Waals surface area contributed by atoms with E-state index < -0.39 is 11.9 Å². The maximum Gasteiger partial charge on any atom is 0.394 e. The maximum absolute atomic E-state index is 10.6. The fourth-order valence-electron chi connectivity index (χ4n) is 1.25. The molecule has 4 heteroatoms. The monoisotopic (exact) mass is 195 g/mol.